The molecule has 1 N–H and O–H groups in total. The first-order valence-corrected chi connectivity index (χ1v) is 12.5. The van der Waals surface area contributed by atoms with E-state index in [1.807, 2.05) is 12.1 Å². The van der Waals surface area contributed by atoms with E-state index < -0.39 is 0 Å². The van der Waals surface area contributed by atoms with E-state index in [4.69, 9.17) is 9.26 Å². The maximum Gasteiger partial charge on any atom is 0.228 e. The molecule has 0 radical (unpaired) electrons. The Bertz CT molecular complexity index is 924. The van der Waals surface area contributed by atoms with Gasteiger partial charge in [-0.25, -0.2) is 0 Å². The molecular formula is C27H36N2O4. The number of hydrogen-bond acceptors (Lipinski definition) is 5. The number of carbonyl (C=O) groups is 2. The number of ketones is 1. The zero-order valence-electron chi connectivity index (χ0n) is 19.7. The topological polar surface area (TPSA) is 81.4 Å². The number of carbonyl (C=O) groups excluding carboxylic acids is 2. The third kappa shape index (κ3) is 6.32. The third-order valence-corrected chi connectivity index (χ3v) is 7.36. The van der Waals surface area contributed by atoms with Gasteiger partial charge in [0.15, 0.2) is 5.78 Å². The molecule has 2 fully saturated rings. The summed E-state index contributed by atoms with van der Waals surface area (Å²) in [7, 11) is 0. The van der Waals surface area contributed by atoms with Gasteiger partial charge < -0.3 is 14.6 Å². The number of anilines is 1. The number of benzene rings is 1. The molecule has 2 aromatic rings. The molecule has 178 valence electrons. The number of aromatic nitrogens is 1. The Morgan fingerprint density at radius 3 is 2.48 bits per heavy atom. The van der Waals surface area contributed by atoms with Crippen molar-refractivity contribution in [2.45, 2.75) is 77.0 Å². The van der Waals surface area contributed by atoms with Gasteiger partial charge in [0.05, 0.1) is 11.3 Å². The number of Topliss-reactive ketones (excluding diaryl/α,β-unsaturated/α-hetero) is 1. The molecule has 1 saturated heterocycles. The average molecular weight is 453 g/mol. The Balaban J connectivity index is 1.51. The Labute approximate surface area is 196 Å². The number of hydrogen-bond donors (Lipinski definition) is 1. The summed E-state index contributed by atoms with van der Waals surface area (Å²) in [5, 5.41) is 7.00. The highest BCUT2D eigenvalue weighted by atomic mass is 16.5. The number of nitrogens with zero attached hydrogens (tertiary/aromatic N) is 1. The van der Waals surface area contributed by atoms with Gasteiger partial charge in [-0.3, -0.25) is 9.59 Å². The van der Waals surface area contributed by atoms with Gasteiger partial charge in [0.25, 0.3) is 0 Å². The molecule has 1 saturated carbocycles. The molecule has 6 heteroatoms. The maximum absolute atomic E-state index is 13.6. The molecule has 1 aromatic carbocycles. The van der Waals surface area contributed by atoms with Crippen LogP contribution < -0.4 is 5.32 Å². The quantitative estimate of drug-likeness (QED) is 0.516. The van der Waals surface area contributed by atoms with E-state index in [-0.39, 0.29) is 29.9 Å². The second kappa shape index (κ2) is 11.6. The van der Waals surface area contributed by atoms with Crippen LogP contribution in [0.1, 0.15) is 91.7 Å². The summed E-state index contributed by atoms with van der Waals surface area (Å²) in [5.74, 6) is 0.221. The summed E-state index contributed by atoms with van der Waals surface area (Å²) in [4.78, 5) is 26.6. The van der Waals surface area contributed by atoms with Crippen LogP contribution in [-0.4, -0.2) is 30.1 Å². The molecule has 6 nitrogen and oxygen atoms in total. The van der Waals surface area contributed by atoms with Crippen molar-refractivity contribution in [2.75, 3.05) is 18.5 Å². The minimum Gasteiger partial charge on any atom is -0.381 e. The lowest BCUT2D eigenvalue weighted by atomic mass is 9.78. The van der Waals surface area contributed by atoms with Gasteiger partial charge in [-0.2, -0.15) is 0 Å². The number of amides is 1. The summed E-state index contributed by atoms with van der Waals surface area (Å²) in [5.41, 5.74) is 3.13. The number of ether oxygens (including phenoxy) is 1. The van der Waals surface area contributed by atoms with Crippen molar-refractivity contribution in [1.29, 1.82) is 0 Å². The largest absolute Gasteiger partial charge is 0.381 e. The van der Waals surface area contributed by atoms with Gasteiger partial charge in [0, 0.05) is 31.2 Å². The highest BCUT2D eigenvalue weighted by Crippen LogP contribution is 2.33. The third-order valence-electron chi connectivity index (χ3n) is 7.36. The van der Waals surface area contributed by atoms with Gasteiger partial charge >= 0.3 is 0 Å². The normalized spacial score (nSPS) is 19.4. The molecule has 1 aromatic heterocycles. The molecule has 1 unspecified atom stereocenters. The molecule has 4 rings (SSSR count). The van der Waals surface area contributed by atoms with Gasteiger partial charge in [0.2, 0.25) is 5.91 Å². The zero-order valence-corrected chi connectivity index (χ0v) is 19.7. The molecule has 2 aliphatic rings. The van der Waals surface area contributed by atoms with E-state index in [0.29, 0.717) is 17.2 Å². The van der Waals surface area contributed by atoms with Crippen LogP contribution in [0.2, 0.25) is 0 Å². The predicted octanol–water partition coefficient (Wildman–Crippen LogP) is 6.07. The van der Waals surface area contributed by atoms with Gasteiger partial charge in [-0.1, -0.05) is 49.4 Å². The molecule has 0 spiro atoms. The lowest BCUT2D eigenvalue weighted by Crippen LogP contribution is -2.32. The molecule has 1 aliphatic heterocycles. The zero-order chi connectivity index (χ0) is 23.0. The van der Waals surface area contributed by atoms with Crippen molar-refractivity contribution < 1.29 is 18.8 Å². The standard InChI is InChI=1S/C27H36N2O4/c1-19-25(18-33-29-19)26(30)17-24(21-8-5-3-2-4-6-9-21)27(31)28-23-11-7-10-22(16-23)20-12-14-32-15-13-20/h7,10-11,16,18,20-21,24H,2-6,8-9,12-15,17H2,1H3,(H,28,31). The summed E-state index contributed by atoms with van der Waals surface area (Å²) in [6.45, 7) is 3.34. The van der Waals surface area contributed by atoms with Crippen molar-refractivity contribution in [2.24, 2.45) is 11.8 Å². The number of rotatable bonds is 7. The first-order valence-electron chi connectivity index (χ1n) is 12.5. The molecule has 1 amide bonds. The Kier molecular flexibility index (Phi) is 8.32. The van der Waals surface area contributed by atoms with E-state index in [9.17, 15) is 9.59 Å². The Morgan fingerprint density at radius 1 is 1.06 bits per heavy atom. The molecule has 1 aliphatic carbocycles. The maximum atomic E-state index is 13.6. The lowest BCUT2D eigenvalue weighted by Gasteiger charge is -2.28. The molecule has 1 atom stereocenters. The number of nitrogens with one attached hydrogen (secondary N) is 1. The van der Waals surface area contributed by atoms with Crippen LogP contribution in [0.4, 0.5) is 5.69 Å². The molecule has 33 heavy (non-hydrogen) atoms. The van der Waals surface area contributed by atoms with Gasteiger partial charge in [0.1, 0.15) is 6.26 Å². The molecular weight excluding hydrogens is 416 g/mol. The first kappa shape index (κ1) is 23.7. The Hall–Kier alpha value is -2.47. The average Bonchev–Trinajstić information content (AvgIpc) is 3.24. The smallest absolute Gasteiger partial charge is 0.228 e. The van der Waals surface area contributed by atoms with Gasteiger partial charge in [-0.15, -0.1) is 0 Å². The Morgan fingerprint density at radius 2 is 1.79 bits per heavy atom. The van der Waals surface area contributed by atoms with Crippen molar-refractivity contribution in [3.63, 3.8) is 0 Å². The minimum absolute atomic E-state index is 0.0489. The van der Waals surface area contributed by atoms with E-state index in [1.54, 1.807) is 6.92 Å². The SMILES string of the molecule is Cc1nocc1C(=O)CC(C(=O)Nc1cccc(C2CCOCC2)c1)C1CCCCCCC1. The molecule has 2 heterocycles. The summed E-state index contributed by atoms with van der Waals surface area (Å²) in [6, 6.07) is 8.18. The lowest BCUT2D eigenvalue weighted by molar-refractivity contribution is -0.121. The van der Waals surface area contributed by atoms with Crippen molar-refractivity contribution in [3.05, 3.63) is 47.3 Å². The molecule has 0 bridgehead atoms. The van der Waals surface area contributed by atoms with Crippen molar-refractivity contribution in [3.8, 4) is 0 Å². The van der Waals surface area contributed by atoms with Crippen molar-refractivity contribution >= 4 is 17.4 Å². The van der Waals surface area contributed by atoms with Crippen LogP contribution in [-0.2, 0) is 9.53 Å². The van der Waals surface area contributed by atoms with E-state index in [0.717, 1.165) is 57.4 Å². The van der Waals surface area contributed by atoms with Crippen LogP contribution in [0, 0.1) is 18.8 Å². The second-order valence-electron chi connectivity index (χ2n) is 9.65. The van der Waals surface area contributed by atoms with E-state index in [1.165, 1.54) is 31.1 Å². The highest BCUT2D eigenvalue weighted by Gasteiger charge is 2.32. The second-order valence-corrected chi connectivity index (χ2v) is 9.65. The monoisotopic (exact) mass is 452 g/mol. The van der Waals surface area contributed by atoms with E-state index in [2.05, 4.69) is 22.6 Å². The summed E-state index contributed by atoms with van der Waals surface area (Å²) < 4.78 is 10.5. The fraction of sp³-hybridized carbons (Fsp3) is 0.593. The fourth-order valence-corrected chi connectivity index (χ4v) is 5.37. The highest BCUT2D eigenvalue weighted by molar-refractivity contribution is 6.01. The number of aryl methyl sites for hydroxylation is 1. The van der Waals surface area contributed by atoms with Crippen molar-refractivity contribution in [1.82, 2.24) is 5.16 Å². The minimum atomic E-state index is -0.350. The fourth-order valence-electron chi connectivity index (χ4n) is 5.37. The van der Waals surface area contributed by atoms with Crippen LogP contribution in [0.15, 0.2) is 35.1 Å². The van der Waals surface area contributed by atoms with Crippen LogP contribution in [0.3, 0.4) is 0 Å². The van der Waals surface area contributed by atoms with E-state index >= 15 is 0 Å². The predicted molar refractivity (Wildman–Crippen MR) is 127 cm³/mol. The van der Waals surface area contributed by atoms with Gasteiger partial charge in [-0.05, 0) is 62.1 Å². The first-order chi connectivity index (χ1) is 16.1. The van der Waals surface area contributed by atoms with Crippen LogP contribution in [0.25, 0.3) is 0 Å². The van der Waals surface area contributed by atoms with Crippen LogP contribution >= 0.6 is 0 Å². The summed E-state index contributed by atoms with van der Waals surface area (Å²) >= 11 is 0. The summed E-state index contributed by atoms with van der Waals surface area (Å²) in [6.07, 6.45) is 11.5. The van der Waals surface area contributed by atoms with Crippen LogP contribution in [0.5, 0.6) is 0 Å².